The number of hydrogen-bond donors (Lipinski definition) is 0. The highest BCUT2D eigenvalue weighted by molar-refractivity contribution is 6.14. The molecule has 4 aromatic carbocycles. The Kier molecular flexibility index (Phi) is 12.8. The fraction of sp³-hybridized carbons (Fsp3) is 0.279. The lowest BCUT2D eigenvalue weighted by Gasteiger charge is -2.10. The van der Waals surface area contributed by atoms with E-state index in [2.05, 4.69) is 4.98 Å². The third-order valence-corrected chi connectivity index (χ3v) is 9.37. The van der Waals surface area contributed by atoms with E-state index in [0.29, 0.717) is 64.9 Å². The van der Waals surface area contributed by atoms with Crippen molar-refractivity contribution in [2.45, 2.75) is 13.2 Å². The Labute approximate surface area is 333 Å². The van der Waals surface area contributed by atoms with Crippen LogP contribution in [0.25, 0.3) is 43.6 Å². The van der Waals surface area contributed by atoms with Crippen LogP contribution < -0.4 is 18.9 Å². The summed E-state index contributed by atoms with van der Waals surface area (Å²) in [6, 6.07) is 23.9. The van der Waals surface area contributed by atoms with Gasteiger partial charge < -0.3 is 47.4 Å². The Hall–Kier alpha value is -6.39. The molecule has 0 amide bonds. The molecule has 0 bridgehead atoms. The normalized spacial score (nSPS) is 11.4. The van der Waals surface area contributed by atoms with Crippen LogP contribution in [0.3, 0.4) is 0 Å². The topological polar surface area (TPSA) is 149 Å². The number of carbonyl (C=O) groups excluding carboxylic acids is 2. The zero-order valence-corrected chi connectivity index (χ0v) is 32.6. The van der Waals surface area contributed by atoms with Crippen molar-refractivity contribution < 1.29 is 57.0 Å². The summed E-state index contributed by atoms with van der Waals surface area (Å²) < 4.78 is 58.1. The molecule has 15 nitrogen and oxygen atoms in total. The van der Waals surface area contributed by atoms with Gasteiger partial charge in [0.2, 0.25) is 0 Å². The van der Waals surface area contributed by atoms with Crippen LogP contribution in [0.5, 0.6) is 23.0 Å². The van der Waals surface area contributed by atoms with E-state index in [9.17, 15) is 9.59 Å². The zero-order chi connectivity index (χ0) is 40.4. The summed E-state index contributed by atoms with van der Waals surface area (Å²) in [4.78, 5) is 30.6. The van der Waals surface area contributed by atoms with Crippen molar-refractivity contribution >= 4 is 55.8 Å². The summed E-state index contributed by atoms with van der Waals surface area (Å²) in [5, 5.41) is 3.33. The molecular weight excluding hydrogens is 750 g/mol. The number of fused-ring (bicyclic) bond motifs is 6. The summed E-state index contributed by atoms with van der Waals surface area (Å²) in [6.45, 7) is 1.04. The van der Waals surface area contributed by atoms with Crippen molar-refractivity contribution in [3.05, 3.63) is 102 Å². The van der Waals surface area contributed by atoms with Gasteiger partial charge in [0.1, 0.15) is 29.6 Å². The first-order valence-corrected chi connectivity index (χ1v) is 18.3. The van der Waals surface area contributed by atoms with Crippen LogP contribution in [-0.2, 0) is 41.6 Å². The molecule has 0 saturated heterocycles. The van der Waals surface area contributed by atoms with Gasteiger partial charge in [0.25, 0.3) is 0 Å². The number of ether oxygens (including phenoxy) is 10. The SMILES string of the molecule is COc1ccc2c(c1)c1cc(OC)ccc1n2C(=O)OCCOCCOCc1cncc(COCOCOC(=O)n2c3ccc(OC)cc3c3cc(OC)ccc32)c1. The number of carbonyl (C=O) groups is 2. The van der Waals surface area contributed by atoms with Crippen molar-refractivity contribution in [2.24, 2.45) is 0 Å². The van der Waals surface area contributed by atoms with Gasteiger partial charge >= 0.3 is 12.2 Å². The Balaban J connectivity index is 0.800. The average molecular weight is 794 g/mol. The fourth-order valence-corrected chi connectivity index (χ4v) is 6.64. The molecule has 0 aliphatic heterocycles. The van der Waals surface area contributed by atoms with Crippen molar-refractivity contribution in [3.63, 3.8) is 0 Å². The summed E-state index contributed by atoms with van der Waals surface area (Å²) in [5.41, 5.74) is 4.38. The van der Waals surface area contributed by atoms with Gasteiger partial charge in [-0.05, 0) is 90.0 Å². The molecule has 302 valence electrons. The van der Waals surface area contributed by atoms with Crippen LogP contribution in [0.4, 0.5) is 9.59 Å². The molecule has 0 radical (unpaired) electrons. The second kappa shape index (κ2) is 18.7. The molecule has 58 heavy (non-hydrogen) atoms. The molecule has 0 spiro atoms. The van der Waals surface area contributed by atoms with E-state index in [4.69, 9.17) is 47.4 Å². The number of methoxy groups -OCH3 is 4. The predicted octanol–water partition coefficient (Wildman–Crippen LogP) is 7.68. The van der Waals surface area contributed by atoms with E-state index in [-0.39, 0.29) is 33.4 Å². The van der Waals surface area contributed by atoms with Gasteiger partial charge in [-0.25, -0.2) is 18.7 Å². The van der Waals surface area contributed by atoms with Crippen molar-refractivity contribution in [1.29, 1.82) is 0 Å². The van der Waals surface area contributed by atoms with Gasteiger partial charge in [0.15, 0.2) is 13.6 Å². The lowest BCUT2D eigenvalue weighted by Crippen LogP contribution is -2.17. The van der Waals surface area contributed by atoms with Gasteiger partial charge in [-0.3, -0.25) is 4.98 Å². The van der Waals surface area contributed by atoms with Crippen LogP contribution in [0.2, 0.25) is 0 Å². The van der Waals surface area contributed by atoms with E-state index >= 15 is 0 Å². The third-order valence-electron chi connectivity index (χ3n) is 9.37. The van der Waals surface area contributed by atoms with E-state index in [1.54, 1.807) is 77.2 Å². The average Bonchev–Trinajstić information content (AvgIpc) is 3.76. The smallest absolute Gasteiger partial charge is 0.421 e. The van der Waals surface area contributed by atoms with Crippen LogP contribution in [-0.4, -0.2) is 94.8 Å². The van der Waals surface area contributed by atoms with Gasteiger partial charge in [0, 0.05) is 33.9 Å². The van der Waals surface area contributed by atoms with Crippen LogP contribution in [0.1, 0.15) is 11.1 Å². The minimum Gasteiger partial charge on any atom is -0.497 e. The first-order chi connectivity index (χ1) is 28.4. The molecule has 15 heteroatoms. The molecule has 3 aromatic heterocycles. The number of hydrogen-bond acceptors (Lipinski definition) is 13. The van der Waals surface area contributed by atoms with Crippen molar-refractivity contribution in [2.75, 3.05) is 68.5 Å². The number of nitrogens with zero attached hydrogens (tertiary/aromatic N) is 3. The van der Waals surface area contributed by atoms with Gasteiger partial charge in [-0.2, -0.15) is 0 Å². The summed E-state index contributed by atoms with van der Waals surface area (Å²) >= 11 is 0. The highest BCUT2D eigenvalue weighted by Crippen LogP contribution is 2.35. The monoisotopic (exact) mass is 793 g/mol. The minimum absolute atomic E-state index is 0.0674. The maximum atomic E-state index is 13.2. The van der Waals surface area contributed by atoms with Crippen molar-refractivity contribution in [3.8, 4) is 23.0 Å². The van der Waals surface area contributed by atoms with Gasteiger partial charge in [-0.1, -0.05) is 0 Å². The molecule has 0 aliphatic carbocycles. The fourth-order valence-electron chi connectivity index (χ4n) is 6.64. The third kappa shape index (κ3) is 8.77. The van der Waals surface area contributed by atoms with E-state index in [0.717, 1.165) is 32.7 Å². The zero-order valence-electron chi connectivity index (χ0n) is 32.6. The Morgan fingerprint density at radius 1 is 0.466 bits per heavy atom. The minimum atomic E-state index is -0.597. The second-order valence-electron chi connectivity index (χ2n) is 12.9. The van der Waals surface area contributed by atoms with Crippen LogP contribution in [0, 0.1) is 0 Å². The Morgan fingerprint density at radius 3 is 1.34 bits per heavy atom. The molecule has 0 N–H and O–H groups in total. The molecule has 7 aromatic rings. The maximum absolute atomic E-state index is 13.2. The quantitative estimate of drug-likeness (QED) is 0.0618. The van der Waals surface area contributed by atoms with Crippen LogP contribution in [0.15, 0.2) is 91.3 Å². The lowest BCUT2D eigenvalue weighted by atomic mass is 10.1. The lowest BCUT2D eigenvalue weighted by molar-refractivity contribution is -0.114. The molecule has 0 fully saturated rings. The number of pyridine rings is 1. The summed E-state index contributed by atoms with van der Waals surface area (Å²) in [7, 11) is 6.38. The maximum Gasteiger partial charge on any atom is 0.421 e. The highest BCUT2D eigenvalue weighted by atomic mass is 16.7. The molecule has 0 saturated carbocycles. The van der Waals surface area contributed by atoms with Crippen LogP contribution >= 0.6 is 0 Å². The largest absolute Gasteiger partial charge is 0.497 e. The Morgan fingerprint density at radius 2 is 0.879 bits per heavy atom. The van der Waals surface area contributed by atoms with E-state index < -0.39 is 12.2 Å². The molecular formula is C43H43N3O12. The highest BCUT2D eigenvalue weighted by Gasteiger charge is 2.20. The predicted molar refractivity (Wildman–Crippen MR) is 214 cm³/mol. The second-order valence-corrected chi connectivity index (χ2v) is 12.9. The summed E-state index contributed by atoms with van der Waals surface area (Å²) in [5.74, 6) is 2.69. The first kappa shape index (κ1) is 39.8. The number of rotatable bonds is 18. The van der Waals surface area contributed by atoms with Gasteiger partial charge in [0.05, 0.1) is 83.5 Å². The van der Waals surface area contributed by atoms with Crippen molar-refractivity contribution in [1.82, 2.24) is 14.1 Å². The molecule has 0 unspecified atom stereocenters. The van der Waals surface area contributed by atoms with Gasteiger partial charge in [-0.15, -0.1) is 0 Å². The first-order valence-electron chi connectivity index (χ1n) is 18.3. The molecule has 3 heterocycles. The molecule has 0 atom stereocenters. The molecule has 0 aliphatic rings. The standard InChI is InChI=1S/C43H43N3O12/c1-49-30-5-9-38-34(18-30)35-19-31(50-2)6-10-39(35)45(38)42(47)57-16-15-53-13-14-54-24-28-17-29(23-44-22-28)25-55-26-56-27-58-43(48)46-40-11-7-32(51-3)20-36(40)37-21-33(52-4)8-12-41(37)46/h5-12,17-23H,13-16,24-27H2,1-4H3. The van der Waals surface area contributed by atoms with E-state index in [1.165, 1.54) is 9.13 Å². The summed E-state index contributed by atoms with van der Waals surface area (Å²) in [6.07, 6.45) is 2.29. The number of benzene rings is 4. The van der Waals surface area contributed by atoms with E-state index in [1.807, 2.05) is 42.5 Å². The number of aromatic nitrogens is 3. The Bertz CT molecular complexity index is 2420. The molecule has 7 rings (SSSR count).